The lowest BCUT2D eigenvalue weighted by Crippen LogP contribution is -2.27. The van der Waals surface area contributed by atoms with Crippen molar-refractivity contribution >= 4 is 11.8 Å². The van der Waals surface area contributed by atoms with E-state index in [0.29, 0.717) is 12.0 Å². The molecule has 128 valence electrons. The van der Waals surface area contributed by atoms with Gasteiger partial charge in [0.1, 0.15) is 5.60 Å². The van der Waals surface area contributed by atoms with Crippen LogP contribution in [0.1, 0.15) is 64.6 Å². The Morgan fingerprint density at radius 2 is 2.13 bits per heavy atom. The minimum absolute atomic E-state index is 0.401. The van der Waals surface area contributed by atoms with Crippen LogP contribution in [0.4, 0.5) is 10.5 Å². The Morgan fingerprint density at radius 3 is 2.78 bits per heavy atom. The number of nitrogens with one attached hydrogen (secondary N) is 2. The van der Waals surface area contributed by atoms with E-state index in [1.165, 1.54) is 17.5 Å². The fraction of sp³-hybridized carbons (Fsp3) is 0.632. The molecule has 0 spiro atoms. The van der Waals surface area contributed by atoms with E-state index in [4.69, 9.17) is 4.74 Å². The van der Waals surface area contributed by atoms with E-state index in [9.17, 15) is 4.79 Å². The molecule has 1 aliphatic carbocycles. The van der Waals surface area contributed by atoms with Crippen LogP contribution in [0, 0.1) is 5.92 Å². The van der Waals surface area contributed by atoms with Crippen molar-refractivity contribution in [2.24, 2.45) is 5.92 Å². The number of amides is 1. The summed E-state index contributed by atoms with van der Waals surface area (Å²) in [5.41, 5.74) is 3.01. The van der Waals surface area contributed by atoms with Gasteiger partial charge in [0.15, 0.2) is 0 Å². The number of rotatable bonds is 5. The SMILES string of the molecule is CCC(C)CNC1CCc2cc(NC(=O)OC(C)(C)C)ccc21. The first kappa shape index (κ1) is 17.8. The van der Waals surface area contributed by atoms with Crippen molar-refractivity contribution in [2.75, 3.05) is 11.9 Å². The molecule has 0 fully saturated rings. The zero-order valence-corrected chi connectivity index (χ0v) is 15.0. The lowest BCUT2D eigenvalue weighted by molar-refractivity contribution is 0.0636. The van der Waals surface area contributed by atoms with Gasteiger partial charge in [0.05, 0.1) is 0 Å². The monoisotopic (exact) mass is 318 g/mol. The van der Waals surface area contributed by atoms with Crippen LogP contribution in [0.2, 0.25) is 0 Å². The molecule has 0 bridgehead atoms. The van der Waals surface area contributed by atoms with Gasteiger partial charge in [0.2, 0.25) is 0 Å². The fourth-order valence-electron chi connectivity index (χ4n) is 2.82. The third-order valence-electron chi connectivity index (χ3n) is 4.28. The van der Waals surface area contributed by atoms with Crippen molar-refractivity contribution in [1.82, 2.24) is 5.32 Å². The first-order valence-corrected chi connectivity index (χ1v) is 8.64. The van der Waals surface area contributed by atoms with E-state index in [0.717, 1.165) is 25.1 Å². The quantitative estimate of drug-likeness (QED) is 0.830. The van der Waals surface area contributed by atoms with E-state index in [1.54, 1.807) is 0 Å². The van der Waals surface area contributed by atoms with Crippen LogP contribution in [0.15, 0.2) is 18.2 Å². The van der Waals surface area contributed by atoms with Gasteiger partial charge in [0.25, 0.3) is 0 Å². The number of carbonyl (C=O) groups is 1. The zero-order chi connectivity index (χ0) is 17.0. The van der Waals surface area contributed by atoms with Crippen molar-refractivity contribution in [3.05, 3.63) is 29.3 Å². The molecular formula is C19H30N2O2. The van der Waals surface area contributed by atoms with E-state index in [2.05, 4.69) is 36.6 Å². The highest BCUT2D eigenvalue weighted by atomic mass is 16.6. The van der Waals surface area contributed by atoms with Gasteiger partial charge in [-0.3, -0.25) is 5.32 Å². The van der Waals surface area contributed by atoms with Gasteiger partial charge < -0.3 is 10.1 Å². The van der Waals surface area contributed by atoms with Gasteiger partial charge in [-0.25, -0.2) is 4.79 Å². The Morgan fingerprint density at radius 1 is 1.39 bits per heavy atom. The number of aryl methyl sites for hydroxylation is 1. The van der Waals surface area contributed by atoms with Gasteiger partial charge in [-0.2, -0.15) is 0 Å². The minimum atomic E-state index is -0.480. The number of ether oxygens (including phenoxy) is 1. The average molecular weight is 318 g/mol. The van der Waals surface area contributed by atoms with Gasteiger partial charge in [-0.1, -0.05) is 26.3 Å². The van der Waals surface area contributed by atoms with Crippen molar-refractivity contribution in [2.45, 2.75) is 65.5 Å². The summed E-state index contributed by atoms with van der Waals surface area (Å²) in [6.07, 6.45) is 2.98. The third-order valence-corrected chi connectivity index (χ3v) is 4.28. The van der Waals surface area contributed by atoms with E-state index in [-0.39, 0.29) is 0 Å². The molecule has 1 aromatic carbocycles. The molecule has 0 saturated carbocycles. The maximum Gasteiger partial charge on any atom is 0.412 e. The summed E-state index contributed by atoms with van der Waals surface area (Å²) < 4.78 is 5.30. The van der Waals surface area contributed by atoms with Crippen LogP contribution in [-0.4, -0.2) is 18.2 Å². The molecule has 4 heteroatoms. The summed E-state index contributed by atoms with van der Waals surface area (Å²) in [5, 5.41) is 6.49. The molecule has 1 aliphatic rings. The van der Waals surface area contributed by atoms with E-state index >= 15 is 0 Å². The summed E-state index contributed by atoms with van der Waals surface area (Å²) >= 11 is 0. The normalized spacial score (nSPS) is 18.4. The summed E-state index contributed by atoms with van der Waals surface area (Å²) in [6.45, 7) is 11.1. The predicted octanol–water partition coefficient (Wildman–Crippen LogP) is 4.66. The largest absolute Gasteiger partial charge is 0.444 e. The predicted molar refractivity (Wildman–Crippen MR) is 94.8 cm³/mol. The van der Waals surface area contributed by atoms with Crippen LogP contribution < -0.4 is 10.6 Å². The molecule has 0 saturated heterocycles. The molecule has 2 atom stereocenters. The minimum Gasteiger partial charge on any atom is -0.444 e. The fourth-order valence-corrected chi connectivity index (χ4v) is 2.82. The standard InChI is InChI=1S/C19H30N2O2/c1-6-13(2)12-20-17-10-7-14-11-15(8-9-16(14)17)21-18(22)23-19(3,4)5/h8-9,11,13,17,20H,6-7,10,12H2,1-5H3,(H,21,22). The van der Waals surface area contributed by atoms with Gasteiger partial charge >= 0.3 is 6.09 Å². The Labute approximate surface area is 140 Å². The number of carbonyl (C=O) groups excluding carboxylic acids is 1. The first-order chi connectivity index (χ1) is 10.8. The zero-order valence-electron chi connectivity index (χ0n) is 15.0. The van der Waals surface area contributed by atoms with E-state index in [1.807, 2.05) is 26.8 Å². The van der Waals surface area contributed by atoms with Gasteiger partial charge in [-0.05, 0) is 69.3 Å². The van der Waals surface area contributed by atoms with Crippen molar-refractivity contribution < 1.29 is 9.53 Å². The van der Waals surface area contributed by atoms with Crippen molar-refractivity contribution in [3.63, 3.8) is 0 Å². The first-order valence-electron chi connectivity index (χ1n) is 8.64. The second-order valence-electron chi connectivity index (χ2n) is 7.55. The molecule has 4 nitrogen and oxygen atoms in total. The van der Waals surface area contributed by atoms with Crippen molar-refractivity contribution in [1.29, 1.82) is 0 Å². The van der Waals surface area contributed by atoms with Crippen LogP contribution in [0.3, 0.4) is 0 Å². The smallest absolute Gasteiger partial charge is 0.412 e. The molecule has 1 amide bonds. The Balaban J connectivity index is 1.97. The van der Waals surface area contributed by atoms with Crippen molar-refractivity contribution in [3.8, 4) is 0 Å². The number of fused-ring (bicyclic) bond motifs is 1. The van der Waals surface area contributed by atoms with Crippen LogP contribution >= 0.6 is 0 Å². The molecule has 0 aromatic heterocycles. The van der Waals surface area contributed by atoms with Gasteiger partial charge in [-0.15, -0.1) is 0 Å². The lowest BCUT2D eigenvalue weighted by Gasteiger charge is -2.20. The Kier molecular flexibility index (Phi) is 5.69. The second-order valence-corrected chi connectivity index (χ2v) is 7.55. The molecule has 23 heavy (non-hydrogen) atoms. The summed E-state index contributed by atoms with van der Waals surface area (Å²) in [7, 11) is 0. The molecule has 1 aromatic rings. The molecule has 2 unspecified atom stereocenters. The number of hydrogen-bond acceptors (Lipinski definition) is 3. The molecule has 2 rings (SSSR count). The maximum absolute atomic E-state index is 11.9. The molecule has 0 aliphatic heterocycles. The number of anilines is 1. The number of benzene rings is 1. The highest BCUT2D eigenvalue weighted by Gasteiger charge is 2.23. The van der Waals surface area contributed by atoms with Crippen LogP contribution in [-0.2, 0) is 11.2 Å². The highest BCUT2D eigenvalue weighted by Crippen LogP contribution is 2.33. The average Bonchev–Trinajstić information content (AvgIpc) is 2.85. The maximum atomic E-state index is 11.9. The van der Waals surface area contributed by atoms with Gasteiger partial charge in [0, 0.05) is 11.7 Å². The molecule has 0 radical (unpaired) electrons. The van der Waals surface area contributed by atoms with Crippen LogP contribution in [0.5, 0.6) is 0 Å². The summed E-state index contributed by atoms with van der Waals surface area (Å²) in [4.78, 5) is 11.9. The summed E-state index contributed by atoms with van der Waals surface area (Å²) in [6, 6.07) is 6.61. The molecular weight excluding hydrogens is 288 g/mol. The molecule has 2 N–H and O–H groups in total. The number of hydrogen-bond donors (Lipinski definition) is 2. The Bertz CT molecular complexity index is 549. The molecule has 0 heterocycles. The summed E-state index contributed by atoms with van der Waals surface area (Å²) in [5.74, 6) is 0.701. The third kappa shape index (κ3) is 5.24. The topological polar surface area (TPSA) is 50.4 Å². The van der Waals surface area contributed by atoms with E-state index < -0.39 is 11.7 Å². The lowest BCUT2D eigenvalue weighted by atomic mass is 10.1. The second kappa shape index (κ2) is 7.35. The Hall–Kier alpha value is -1.55. The van der Waals surface area contributed by atoms with Crippen LogP contribution in [0.25, 0.3) is 0 Å². The highest BCUT2D eigenvalue weighted by molar-refractivity contribution is 5.85.